The second-order valence-electron chi connectivity index (χ2n) is 12.1. The van der Waals surface area contributed by atoms with Crippen LogP contribution in [-0.2, 0) is 11.0 Å². The van der Waals surface area contributed by atoms with Crippen LogP contribution in [0.2, 0.25) is 0 Å². The van der Waals surface area contributed by atoms with E-state index in [1.807, 2.05) is 32.9 Å². The number of hydrogen-bond acceptors (Lipinski definition) is 1. The molecule has 0 bridgehead atoms. The van der Waals surface area contributed by atoms with Crippen LogP contribution in [0.4, 0.5) is 0 Å². The summed E-state index contributed by atoms with van der Waals surface area (Å²) in [6.07, 6.45) is 0. The van der Waals surface area contributed by atoms with Gasteiger partial charge in [-0.05, 0) is 96.2 Å². The Labute approximate surface area is 271 Å². The smallest absolute Gasteiger partial charge is 0.0979 e. The van der Waals surface area contributed by atoms with Gasteiger partial charge < -0.3 is 0 Å². The van der Waals surface area contributed by atoms with Gasteiger partial charge in [0.05, 0.1) is 21.8 Å². The Morgan fingerprint density at radius 2 is 0.956 bits per heavy atom. The lowest BCUT2D eigenvalue weighted by atomic mass is 9.91. The van der Waals surface area contributed by atoms with E-state index in [9.17, 15) is 4.21 Å². The highest BCUT2D eigenvalue weighted by Gasteiger charge is 2.29. The Hall–Kier alpha value is -4.14. The minimum atomic E-state index is -1.32. The van der Waals surface area contributed by atoms with Crippen LogP contribution in [0.1, 0.15) is 37.9 Å². The summed E-state index contributed by atoms with van der Waals surface area (Å²) in [6, 6.07) is 57.8. The average molecular weight is 624 g/mol. The van der Waals surface area contributed by atoms with Crippen molar-refractivity contribution in [3.05, 3.63) is 175 Å². The number of nitrogens with one attached hydrogen (secondary N) is 1. The van der Waals surface area contributed by atoms with E-state index >= 15 is 0 Å². The van der Waals surface area contributed by atoms with Crippen LogP contribution in [0.25, 0.3) is 22.3 Å². The van der Waals surface area contributed by atoms with Crippen LogP contribution >= 0.6 is 7.92 Å². The first-order chi connectivity index (χ1) is 21.9. The summed E-state index contributed by atoms with van der Waals surface area (Å²) in [5, 5.41) is 3.81. The van der Waals surface area contributed by atoms with Gasteiger partial charge in [-0.1, -0.05) is 146 Å². The van der Waals surface area contributed by atoms with Crippen molar-refractivity contribution in [2.45, 2.75) is 31.6 Å². The molecule has 2 atom stereocenters. The zero-order chi connectivity index (χ0) is 31.2. The minimum Gasteiger partial charge on any atom is -0.242 e. The molecule has 0 aliphatic carbocycles. The highest BCUT2D eigenvalue weighted by molar-refractivity contribution is 7.84. The van der Waals surface area contributed by atoms with E-state index in [0.717, 1.165) is 33.4 Å². The van der Waals surface area contributed by atoms with E-state index in [2.05, 4.69) is 156 Å². The lowest BCUT2D eigenvalue weighted by Crippen LogP contribution is -2.38. The van der Waals surface area contributed by atoms with Crippen LogP contribution in [0.15, 0.2) is 164 Å². The van der Waals surface area contributed by atoms with Gasteiger partial charge in [-0.3, -0.25) is 0 Å². The molecule has 0 unspecified atom stereocenters. The van der Waals surface area contributed by atoms with Crippen molar-refractivity contribution in [3.63, 3.8) is 0 Å². The molecule has 45 heavy (non-hydrogen) atoms. The lowest BCUT2D eigenvalue weighted by molar-refractivity contribution is 0.624. The van der Waals surface area contributed by atoms with E-state index < -0.39 is 23.7 Å². The maximum Gasteiger partial charge on any atom is 0.0979 e. The van der Waals surface area contributed by atoms with Gasteiger partial charge in [-0.2, -0.15) is 0 Å². The topological polar surface area (TPSA) is 29.1 Å². The van der Waals surface area contributed by atoms with E-state index in [0.29, 0.717) is 0 Å². The Morgan fingerprint density at radius 1 is 0.533 bits per heavy atom. The van der Waals surface area contributed by atoms with Gasteiger partial charge in [0.25, 0.3) is 0 Å². The molecule has 0 fully saturated rings. The van der Waals surface area contributed by atoms with Crippen LogP contribution < -0.4 is 20.6 Å². The van der Waals surface area contributed by atoms with Crippen molar-refractivity contribution in [2.24, 2.45) is 0 Å². The van der Waals surface area contributed by atoms with Crippen molar-refractivity contribution in [3.8, 4) is 22.3 Å². The van der Waals surface area contributed by atoms with Gasteiger partial charge in [0.2, 0.25) is 0 Å². The number of benzene rings is 6. The molecule has 0 aliphatic rings. The normalized spacial score (nSPS) is 13.0. The summed E-state index contributed by atoms with van der Waals surface area (Å²) in [7, 11) is -2.21. The highest BCUT2D eigenvalue weighted by atomic mass is 32.2. The Morgan fingerprint density at radius 3 is 1.42 bits per heavy atom. The highest BCUT2D eigenvalue weighted by Crippen LogP contribution is 2.39. The third kappa shape index (κ3) is 7.24. The van der Waals surface area contributed by atoms with Crippen molar-refractivity contribution < 1.29 is 4.21 Å². The molecule has 224 valence electrons. The molecular weight excluding hydrogens is 585 g/mol. The minimum absolute atomic E-state index is 0.315. The number of hydrogen-bond donors (Lipinski definition) is 1. The molecule has 4 heteroatoms. The van der Waals surface area contributed by atoms with Crippen molar-refractivity contribution >= 4 is 34.8 Å². The molecule has 1 N–H and O–H groups in total. The zero-order valence-electron chi connectivity index (χ0n) is 25.9. The SMILES string of the molecule is CC(C)(C)[S@@](=O)N[C@H](c1cc(-c2ccccc2)cc(-c2ccccc2)c1)c1ccccc1P(c1ccccc1)c1ccccc1. The molecular formula is C41H38NOPS. The molecule has 0 radical (unpaired) electrons. The van der Waals surface area contributed by atoms with E-state index in [-0.39, 0.29) is 6.04 Å². The van der Waals surface area contributed by atoms with Gasteiger partial charge in [-0.15, -0.1) is 0 Å². The summed E-state index contributed by atoms with van der Waals surface area (Å²) < 4.78 is 17.1. The fourth-order valence-corrected chi connectivity index (χ4v) is 8.85. The molecule has 0 spiro atoms. The number of rotatable bonds is 9. The maximum absolute atomic E-state index is 14.0. The molecule has 6 aromatic carbocycles. The molecule has 6 rings (SSSR count). The molecule has 0 aliphatic heterocycles. The van der Waals surface area contributed by atoms with Crippen LogP contribution in [0.5, 0.6) is 0 Å². The predicted octanol–water partition coefficient (Wildman–Crippen LogP) is 8.92. The first kappa shape index (κ1) is 30.9. The predicted molar refractivity (Wildman–Crippen MR) is 195 cm³/mol. The summed E-state index contributed by atoms with van der Waals surface area (Å²) in [4.78, 5) is 0. The molecule has 2 nitrogen and oxygen atoms in total. The van der Waals surface area contributed by atoms with Crippen LogP contribution in [-0.4, -0.2) is 8.96 Å². The lowest BCUT2D eigenvalue weighted by Gasteiger charge is -2.30. The molecule has 0 heterocycles. The summed E-state index contributed by atoms with van der Waals surface area (Å²) in [5.41, 5.74) is 6.78. The van der Waals surface area contributed by atoms with Crippen LogP contribution in [0.3, 0.4) is 0 Å². The van der Waals surface area contributed by atoms with E-state index in [1.54, 1.807) is 0 Å². The first-order valence-electron chi connectivity index (χ1n) is 15.3. The second-order valence-corrected chi connectivity index (χ2v) is 16.3. The van der Waals surface area contributed by atoms with Crippen molar-refractivity contribution in [1.82, 2.24) is 4.72 Å². The summed E-state index contributed by atoms with van der Waals surface area (Å²) in [6.45, 7) is 6.07. The third-order valence-electron chi connectivity index (χ3n) is 7.80. The van der Waals surface area contributed by atoms with E-state index in [4.69, 9.17) is 0 Å². The summed E-state index contributed by atoms with van der Waals surface area (Å²) in [5.74, 6) is 0. The largest absolute Gasteiger partial charge is 0.242 e. The molecule has 6 aromatic rings. The van der Waals surface area contributed by atoms with Gasteiger partial charge >= 0.3 is 0 Å². The monoisotopic (exact) mass is 623 g/mol. The van der Waals surface area contributed by atoms with Crippen molar-refractivity contribution in [1.29, 1.82) is 0 Å². The van der Waals surface area contributed by atoms with Gasteiger partial charge in [-0.25, -0.2) is 8.93 Å². The Balaban J connectivity index is 1.60. The molecule has 0 amide bonds. The Bertz CT molecular complexity index is 1770. The quantitative estimate of drug-likeness (QED) is 0.160. The average Bonchev–Trinajstić information content (AvgIpc) is 3.09. The maximum atomic E-state index is 14.0. The molecule has 0 aromatic heterocycles. The fourth-order valence-electron chi connectivity index (χ4n) is 5.52. The summed E-state index contributed by atoms with van der Waals surface area (Å²) >= 11 is 0. The van der Waals surface area contributed by atoms with Gasteiger partial charge in [0.15, 0.2) is 0 Å². The Kier molecular flexibility index (Phi) is 9.52. The third-order valence-corrected chi connectivity index (χ3v) is 11.9. The van der Waals surface area contributed by atoms with E-state index in [1.165, 1.54) is 15.9 Å². The fraction of sp³-hybridized carbons (Fsp3) is 0.122. The first-order valence-corrected chi connectivity index (χ1v) is 17.8. The molecule has 0 saturated heterocycles. The zero-order valence-corrected chi connectivity index (χ0v) is 27.6. The standard InChI is InChI=1S/C41H38NOPS/c1-41(2,3)45(43)42-40(35-29-33(31-18-8-4-9-19-31)28-34(30-35)32-20-10-5-11-21-32)38-26-16-17-27-39(38)44(36-22-12-6-13-23-36)37-24-14-7-15-25-37/h4-30,40,42H,1-3H3/t40-,45-/m1/s1. The second kappa shape index (κ2) is 13.9. The van der Waals surface area contributed by atoms with Gasteiger partial charge in [0, 0.05) is 0 Å². The van der Waals surface area contributed by atoms with Crippen molar-refractivity contribution in [2.75, 3.05) is 0 Å². The molecule has 0 saturated carbocycles. The van der Waals surface area contributed by atoms with Gasteiger partial charge in [0.1, 0.15) is 0 Å². The van der Waals surface area contributed by atoms with Crippen LogP contribution in [0, 0.1) is 0 Å².